The van der Waals surface area contributed by atoms with Gasteiger partial charge in [-0.2, -0.15) is 0 Å². The molecule has 1 aliphatic heterocycles. The standard InChI is InChI=1S/C13H16Cl2FNO/c1-13(18,12-4-2-3-5-17-12)8-6-11(16)10(15)7-9(8)14/h6-7,12,17-18H,2-5H2,1H3. The van der Waals surface area contributed by atoms with E-state index in [1.165, 1.54) is 12.1 Å². The van der Waals surface area contributed by atoms with Crippen molar-refractivity contribution < 1.29 is 9.50 Å². The summed E-state index contributed by atoms with van der Waals surface area (Å²) in [5.74, 6) is -0.563. The van der Waals surface area contributed by atoms with Crippen LogP contribution in [-0.4, -0.2) is 17.7 Å². The summed E-state index contributed by atoms with van der Waals surface area (Å²) in [4.78, 5) is 0. The lowest BCUT2D eigenvalue weighted by atomic mass is 9.83. The Labute approximate surface area is 116 Å². The van der Waals surface area contributed by atoms with Crippen molar-refractivity contribution in [1.29, 1.82) is 0 Å². The molecule has 100 valence electrons. The molecule has 2 unspecified atom stereocenters. The molecule has 0 radical (unpaired) electrons. The van der Waals surface area contributed by atoms with Gasteiger partial charge in [0.25, 0.3) is 0 Å². The number of rotatable bonds is 2. The summed E-state index contributed by atoms with van der Waals surface area (Å²) in [6.07, 6.45) is 2.98. The molecule has 2 nitrogen and oxygen atoms in total. The van der Waals surface area contributed by atoms with Gasteiger partial charge in [0.15, 0.2) is 0 Å². The van der Waals surface area contributed by atoms with Gasteiger partial charge < -0.3 is 10.4 Å². The molecular weight excluding hydrogens is 276 g/mol. The zero-order valence-corrected chi connectivity index (χ0v) is 11.7. The van der Waals surface area contributed by atoms with Crippen LogP contribution in [0.25, 0.3) is 0 Å². The Bertz CT molecular complexity index is 445. The van der Waals surface area contributed by atoms with E-state index in [4.69, 9.17) is 23.2 Å². The zero-order chi connectivity index (χ0) is 13.3. The van der Waals surface area contributed by atoms with Gasteiger partial charge in [0.2, 0.25) is 0 Å². The molecule has 1 aromatic rings. The van der Waals surface area contributed by atoms with Crippen molar-refractivity contribution in [3.63, 3.8) is 0 Å². The summed E-state index contributed by atoms with van der Waals surface area (Å²) in [6, 6.07) is 2.44. The molecule has 0 saturated carbocycles. The molecule has 1 aromatic carbocycles. The van der Waals surface area contributed by atoms with Crippen molar-refractivity contribution in [3.05, 3.63) is 33.6 Å². The molecule has 1 fully saturated rings. The Morgan fingerprint density at radius 2 is 2.06 bits per heavy atom. The van der Waals surface area contributed by atoms with Crippen LogP contribution in [0.2, 0.25) is 10.0 Å². The maximum Gasteiger partial charge on any atom is 0.142 e. The normalized spacial score (nSPS) is 23.7. The molecule has 1 aliphatic rings. The molecule has 1 saturated heterocycles. The lowest BCUT2D eigenvalue weighted by Gasteiger charge is -2.37. The maximum atomic E-state index is 13.5. The number of hydrogen-bond donors (Lipinski definition) is 2. The van der Waals surface area contributed by atoms with Crippen LogP contribution in [0.4, 0.5) is 4.39 Å². The first kappa shape index (κ1) is 14.1. The second-order valence-corrected chi connectivity index (χ2v) is 5.71. The van der Waals surface area contributed by atoms with Crippen LogP contribution in [0.5, 0.6) is 0 Å². The van der Waals surface area contributed by atoms with E-state index >= 15 is 0 Å². The number of halogens is 3. The van der Waals surface area contributed by atoms with Crippen LogP contribution in [0.15, 0.2) is 12.1 Å². The molecule has 5 heteroatoms. The number of hydrogen-bond acceptors (Lipinski definition) is 2. The molecule has 0 amide bonds. The van der Waals surface area contributed by atoms with E-state index in [1.54, 1.807) is 6.92 Å². The molecule has 0 spiro atoms. The predicted octanol–water partition coefficient (Wildman–Crippen LogP) is 3.48. The Hall–Kier alpha value is -0.350. The van der Waals surface area contributed by atoms with Crippen molar-refractivity contribution in [2.24, 2.45) is 0 Å². The van der Waals surface area contributed by atoms with Gasteiger partial charge in [0.1, 0.15) is 11.4 Å². The van der Waals surface area contributed by atoms with E-state index in [0.29, 0.717) is 10.6 Å². The van der Waals surface area contributed by atoms with Crippen LogP contribution >= 0.6 is 23.2 Å². The predicted molar refractivity (Wildman–Crippen MR) is 71.6 cm³/mol. The number of piperidine rings is 1. The average Bonchev–Trinajstić information content (AvgIpc) is 2.34. The maximum absolute atomic E-state index is 13.5. The third-order valence-corrected chi connectivity index (χ3v) is 4.15. The summed E-state index contributed by atoms with van der Waals surface area (Å²) < 4.78 is 13.5. The molecule has 2 N–H and O–H groups in total. The van der Waals surface area contributed by atoms with Crippen molar-refractivity contribution in [1.82, 2.24) is 5.32 Å². The van der Waals surface area contributed by atoms with Crippen LogP contribution < -0.4 is 5.32 Å². The Kier molecular flexibility index (Phi) is 4.17. The Balaban J connectivity index is 2.36. The molecule has 18 heavy (non-hydrogen) atoms. The summed E-state index contributed by atoms with van der Waals surface area (Å²) in [5, 5.41) is 14.2. The lowest BCUT2D eigenvalue weighted by Crippen LogP contribution is -2.49. The summed E-state index contributed by atoms with van der Waals surface area (Å²) in [6.45, 7) is 2.51. The van der Waals surface area contributed by atoms with Crippen molar-refractivity contribution in [2.75, 3.05) is 6.54 Å². The fourth-order valence-electron chi connectivity index (χ4n) is 2.43. The van der Waals surface area contributed by atoms with Crippen LogP contribution in [-0.2, 0) is 5.60 Å². The minimum atomic E-state index is -1.21. The number of nitrogens with one attached hydrogen (secondary N) is 1. The van der Waals surface area contributed by atoms with Crippen LogP contribution in [0.1, 0.15) is 31.7 Å². The third kappa shape index (κ3) is 2.64. The SMILES string of the molecule is CC(O)(c1cc(F)c(Cl)cc1Cl)C1CCCCN1. The highest BCUT2D eigenvalue weighted by Gasteiger charge is 2.36. The minimum Gasteiger partial charge on any atom is -0.384 e. The van der Waals surface area contributed by atoms with E-state index in [1.807, 2.05) is 0 Å². The minimum absolute atomic E-state index is 0.0313. The second-order valence-electron chi connectivity index (χ2n) is 4.90. The number of aliphatic hydroxyl groups is 1. The monoisotopic (exact) mass is 291 g/mol. The van der Waals surface area contributed by atoms with E-state index in [0.717, 1.165) is 25.8 Å². The highest BCUT2D eigenvalue weighted by molar-refractivity contribution is 6.35. The summed E-state index contributed by atoms with van der Waals surface area (Å²) in [7, 11) is 0. The molecule has 0 bridgehead atoms. The van der Waals surface area contributed by atoms with Crippen molar-refractivity contribution in [2.45, 2.75) is 37.8 Å². The average molecular weight is 292 g/mol. The van der Waals surface area contributed by atoms with Crippen LogP contribution in [0.3, 0.4) is 0 Å². The molecule has 0 aliphatic carbocycles. The quantitative estimate of drug-likeness (QED) is 0.818. The van der Waals surface area contributed by atoms with Crippen molar-refractivity contribution >= 4 is 23.2 Å². The summed E-state index contributed by atoms with van der Waals surface area (Å²) >= 11 is 11.7. The highest BCUT2D eigenvalue weighted by Crippen LogP contribution is 2.36. The molecule has 2 atom stereocenters. The van der Waals surface area contributed by atoms with Gasteiger partial charge in [-0.15, -0.1) is 0 Å². The van der Waals surface area contributed by atoms with E-state index in [9.17, 15) is 9.50 Å². The number of benzene rings is 1. The molecule has 2 rings (SSSR count). The topological polar surface area (TPSA) is 32.3 Å². The van der Waals surface area contributed by atoms with E-state index in [-0.39, 0.29) is 11.1 Å². The fourth-order valence-corrected chi connectivity index (χ4v) is 3.00. The fraction of sp³-hybridized carbons (Fsp3) is 0.538. The first-order chi connectivity index (χ1) is 8.43. The second kappa shape index (κ2) is 5.33. The Morgan fingerprint density at radius 1 is 1.33 bits per heavy atom. The van der Waals surface area contributed by atoms with Gasteiger partial charge in [-0.05, 0) is 38.4 Å². The smallest absolute Gasteiger partial charge is 0.142 e. The van der Waals surface area contributed by atoms with Gasteiger partial charge in [0, 0.05) is 16.6 Å². The molecular formula is C13H16Cl2FNO. The zero-order valence-electron chi connectivity index (χ0n) is 10.1. The lowest BCUT2D eigenvalue weighted by molar-refractivity contribution is 0.00553. The van der Waals surface area contributed by atoms with Crippen molar-refractivity contribution in [3.8, 4) is 0 Å². The first-order valence-electron chi connectivity index (χ1n) is 6.03. The van der Waals surface area contributed by atoms with Gasteiger partial charge in [-0.1, -0.05) is 29.6 Å². The molecule has 1 heterocycles. The Morgan fingerprint density at radius 3 is 2.67 bits per heavy atom. The van der Waals surface area contributed by atoms with Gasteiger partial charge in [-0.25, -0.2) is 4.39 Å². The first-order valence-corrected chi connectivity index (χ1v) is 6.79. The largest absolute Gasteiger partial charge is 0.384 e. The van der Waals surface area contributed by atoms with E-state index < -0.39 is 11.4 Å². The van der Waals surface area contributed by atoms with Gasteiger partial charge >= 0.3 is 0 Å². The van der Waals surface area contributed by atoms with Gasteiger partial charge in [-0.3, -0.25) is 0 Å². The van der Waals surface area contributed by atoms with E-state index in [2.05, 4.69) is 5.32 Å². The van der Waals surface area contributed by atoms with Gasteiger partial charge in [0.05, 0.1) is 5.02 Å². The highest BCUT2D eigenvalue weighted by atomic mass is 35.5. The van der Waals surface area contributed by atoms with Crippen LogP contribution in [0, 0.1) is 5.82 Å². The summed E-state index contributed by atoms with van der Waals surface area (Å²) in [5.41, 5.74) is -0.825. The third-order valence-electron chi connectivity index (χ3n) is 3.54. The molecule has 0 aromatic heterocycles.